The van der Waals surface area contributed by atoms with Crippen LogP contribution in [0.25, 0.3) is 10.9 Å². The maximum atomic E-state index is 14.5. The summed E-state index contributed by atoms with van der Waals surface area (Å²) in [6.45, 7) is 8.68. The van der Waals surface area contributed by atoms with Crippen molar-refractivity contribution in [3.8, 4) is 0 Å². The van der Waals surface area contributed by atoms with E-state index in [0.29, 0.717) is 32.7 Å². The second kappa shape index (κ2) is 8.01. The molecule has 6 heteroatoms. The molecule has 1 aliphatic heterocycles. The van der Waals surface area contributed by atoms with Crippen molar-refractivity contribution >= 4 is 22.7 Å². The number of carbonyl (C=O) groups excluding carboxylic acids is 1. The summed E-state index contributed by atoms with van der Waals surface area (Å²) in [6, 6.07) is 15.4. The van der Waals surface area contributed by atoms with E-state index in [4.69, 9.17) is 4.74 Å². The summed E-state index contributed by atoms with van der Waals surface area (Å²) < 4.78 is 22.1. The molecule has 5 nitrogen and oxygen atoms in total. The Morgan fingerprint density at radius 3 is 2.40 bits per heavy atom. The quantitative estimate of drug-likeness (QED) is 0.618. The number of carbonyl (C=O) groups is 1. The Morgan fingerprint density at radius 1 is 1.03 bits per heavy atom. The van der Waals surface area contributed by atoms with Crippen LogP contribution >= 0.6 is 0 Å². The standard InChI is InChI=1S/C24H28FN3O2/c1-24(2,3)30-23(29)27-13-11-26(12-14-27)21-15-19(25)16-22-20(21)9-10-28(22)17-18-7-5-4-6-8-18/h4-10,15-16H,11-14,17H2,1-3H3. The average molecular weight is 410 g/mol. The van der Waals surface area contributed by atoms with Crippen LogP contribution in [-0.2, 0) is 11.3 Å². The number of anilines is 1. The minimum absolute atomic E-state index is 0.250. The molecule has 0 aliphatic carbocycles. The number of piperazine rings is 1. The fraction of sp³-hybridized carbons (Fsp3) is 0.375. The van der Waals surface area contributed by atoms with Crippen molar-refractivity contribution in [3.63, 3.8) is 0 Å². The number of hydrogen-bond acceptors (Lipinski definition) is 3. The van der Waals surface area contributed by atoms with Crippen LogP contribution in [0.4, 0.5) is 14.9 Å². The number of halogens is 1. The molecule has 1 aromatic heterocycles. The van der Waals surface area contributed by atoms with Gasteiger partial charge in [-0.2, -0.15) is 0 Å². The Balaban J connectivity index is 1.53. The SMILES string of the molecule is CC(C)(C)OC(=O)N1CCN(c2cc(F)cc3c2ccn3Cc2ccccc2)CC1. The first-order valence-corrected chi connectivity index (χ1v) is 10.4. The molecule has 1 aliphatic rings. The number of hydrogen-bond donors (Lipinski definition) is 0. The molecule has 3 aromatic rings. The maximum absolute atomic E-state index is 14.5. The Kier molecular flexibility index (Phi) is 5.41. The van der Waals surface area contributed by atoms with E-state index in [2.05, 4.69) is 21.6 Å². The highest BCUT2D eigenvalue weighted by Crippen LogP contribution is 2.31. The molecule has 1 fully saturated rings. The fourth-order valence-electron chi connectivity index (χ4n) is 3.88. The number of nitrogens with zero attached hydrogens (tertiary/aromatic N) is 3. The van der Waals surface area contributed by atoms with Gasteiger partial charge < -0.3 is 19.1 Å². The summed E-state index contributed by atoms with van der Waals surface area (Å²) in [6.07, 6.45) is 1.72. The summed E-state index contributed by atoms with van der Waals surface area (Å²) >= 11 is 0. The highest BCUT2D eigenvalue weighted by molar-refractivity contribution is 5.93. The number of aromatic nitrogens is 1. The zero-order valence-corrected chi connectivity index (χ0v) is 17.8. The van der Waals surface area contributed by atoms with E-state index in [0.717, 1.165) is 16.6 Å². The summed E-state index contributed by atoms with van der Waals surface area (Å²) in [4.78, 5) is 16.2. The first kappa shape index (κ1) is 20.3. The molecule has 0 unspecified atom stereocenters. The fourth-order valence-corrected chi connectivity index (χ4v) is 3.88. The highest BCUT2D eigenvalue weighted by Gasteiger charge is 2.27. The number of ether oxygens (including phenoxy) is 1. The van der Waals surface area contributed by atoms with Gasteiger partial charge in [0.05, 0.1) is 5.52 Å². The third-order valence-electron chi connectivity index (χ3n) is 5.30. The molecule has 2 aromatic carbocycles. The lowest BCUT2D eigenvalue weighted by molar-refractivity contribution is 0.0240. The smallest absolute Gasteiger partial charge is 0.410 e. The summed E-state index contributed by atoms with van der Waals surface area (Å²) in [5.41, 5.74) is 2.42. The molecule has 0 radical (unpaired) electrons. The summed E-state index contributed by atoms with van der Waals surface area (Å²) in [5.74, 6) is -0.250. The van der Waals surface area contributed by atoms with E-state index >= 15 is 0 Å². The van der Waals surface area contributed by atoms with Crippen molar-refractivity contribution < 1.29 is 13.9 Å². The molecule has 0 N–H and O–H groups in total. The molecule has 30 heavy (non-hydrogen) atoms. The average Bonchev–Trinajstić information content (AvgIpc) is 3.09. The van der Waals surface area contributed by atoms with Crippen LogP contribution in [0, 0.1) is 5.82 Å². The Morgan fingerprint density at radius 2 is 1.73 bits per heavy atom. The number of fused-ring (bicyclic) bond motifs is 1. The molecule has 0 saturated carbocycles. The van der Waals surface area contributed by atoms with Crippen LogP contribution in [0.3, 0.4) is 0 Å². The molecule has 4 rings (SSSR count). The lowest BCUT2D eigenvalue weighted by Crippen LogP contribution is -2.50. The molecule has 1 amide bonds. The lowest BCUT2D eigenvalue weighted by atomic mass is 10.1. The van der Waals surface area contributed by atoms with Crippen molar-refractivity contribution in [1.29, 1.82) is 0 Å². The van der Waals surface area contributed by atoms with Gasteiger partial charge in [0.1, 0.15) is 11.4 Å². The van der Waals surface area contributed by atoms with E-state index < -0.39 is 5.60 Å². The van der Waals surface area contributed by atoms with Gasteiger partial charge in [0.25, 0.3) is 0 Å². The van der Waals surface area contributed by atoms with Gasteiger partial charge in [0.15, 0.2) is 0 Å². The van der Waals surface area contributed by atoms with E-state index in [9.17, 15) is 9.18 Å². The predicted molar refractivity (Wildman–Crippen MR) is 117 cm³/mol. The minimum atomic E-state index is -0.509. The lowest BCUT2D eigenvalue weighted by Gasteiger charge is -2.37. The number of amides is 1. The van der Waals surface area contributed by atoms with Crippen LogP contribution in [0.2, 0.25) is 0 Å². The van der Waals surface area contributed by atoms with E-state index in [-0.39, 0.29) is 11.9 Å². The molecule has 0 atom stereocenters. The second-order valence-electron chi connectivity index (χ2n) is 8.74. The highest BCUT2D eigenvalue weighted by atomic mass is 19.1. The van der Waals surface area contributed by atoms with Crippen LogP contribution in [0.5, 0.6) is 0 Å². The first-order valence-electron chi connectivity index (χ1n) is 10.4. The van der Waals surface area contributed by atoms with Gasteiger partial charge >= 0.3 is 6.09 Å². The van der Waals surface area contributed by atoms with Gasteiger partial charge in [-0.05, 0) is 44.5 Å². The van der Waals surface area contributed by atoms with Crippen LogP contribution < -0.4 is 4.90 Å². The first-order chi connectivity index (χ1) is 14.3. The minimum Gasteiger partial charge on any atom is -0.444 e. The van der Waals surface area contributed by atoms with E-state index in [1.807, 2.05) is 51.2 Å². The molecule has 158 valence electrons. The summed E-state index contributed by atoms with van der Waals surface area (Å²) in [5, 5.41) is 1.03. The molecule has 0 bridgehead atoms. The van der Waals surface area contributed by atoms with Crippen molar-refractivity contribution in [3.05, 3.63) is 66.1 Å². The van der Waals surface area contributed by atoms with Crippen molar-refractivity contribution in [2.75, 3.05) is 31.1 Å². The monoisotopic (exact) mass is 409 g/mol. The van der Waals surface area contributed by atoms with Crippen LogP contribution in [0.1, 0.15) is 26.3 Å². The zero-order chi connectivity index (χ0) is 21.3. The van der Waals surface area contributed by atoms with Gasteiger partial charge in [-0.1, -0.05) is 30.3 Å². The van der Waals surface area contributed by atoms with Crippen molar-refractivity contribution in [2.24, 2.45) is 0 Å². The van der Waals surface area contributed by atoms with Gasteiger partial charge in [-0.3, -0.25) is 0 Å². The van der Waals surface area contributed by atoms with Gasteiger partial charge in [0, 0.05) is 50.0 Å². The maximum Gasteiger partial charge on any atom is 0.410 e. The van der Waals surface area contributed by atoms with Crippen molar-refractivity contribution in [2.45, 2.75) is 32.9 Å². The Bertz CT molecular complexity index is 1030. The molecule has 0 spiro atoms. The second-order valence-corrected chi connectivity index (χ2v) is 8.74. The number of rotatable bonds is 3. The van der Waals surface area contributed by atoms with Crippen LogP contribution in [0.15, 0.2) is 54.7 Å². The Labute approximate surface area is 176 Å². The molecular formula is C24H28FN3O2. The summed E-state index contributed by atoms with van der Waals surface area (Å²) in [7, 11) is 0. The van der Waals surface area contributed by atoms with Crippen molar-refractivity contribution in [1.82, 2.24) is 9.47 Å². The molecular weight excluding hydrogens is 381 g/mol. The van der Waals surface area contributed by atoms with Gasteiger partial charge in [-0.25, -0.2) is 9.18 Å². The third kappa shape index (κ3) is 4.42. The largest absolute Gasteiger partial charge is 0.444 e. The van der Waals surface area contributed by atoms with Gasteiger partial charge in [0.2, 0.25) is 0 Å². The van der Waals surface area contributed by atoms with E-state index in [1.165, 1.54) is 5.56 Å². The number of benzene rings is 2. The zero-order valence-electron chi connectivity index (χ0n) is 17.8. The third-order valence-corrected chi connectivity index (χ3v) is 5.30. The topological polar surface area (TPSA) is 37.7 Å². The Hall–Kier alpha value is -3.02. The molecule has 1 saturated heterocycles. The predicted octanol–water partition coefficient (Wildman–Crippen LogP) is 4.89. The van der Waals surface area contributed by atoms with E-state index in [1.54, 1.807) is 17.0 Å². The normalized spacial score (nSPS) is 14.9. The van der Waals surface area contributed by atoms with Crippen LogP contribution in [-0.4, -0.2) is 47.3 Å². The molecule has 2 heterocycles. The van der Waals surface area contributed by atoms with Gasteiger partial charge in [-0.15, -0.1) is 0 Å².